The lowest BCUT2D eigenvalue weighted by Gasteiger charge is -1.99. The van der Waals surface area contributed by atoms with Crippen molar-refractivity contribution in [2.45, 2.75) is 6.92 Å². The van der Waals surface area contributed by atoms with Gasteiger partial charge in [-0.15, -0.1) is 10.2 Å². The van der Waals surface area contributed by atoms with Crippen molar-refractivity contribution < 1.29 is 9.21 Å². The second-order valence-electron chi connectivity index (χ2n) is 5.28. The van der Waals surface area contributed by atoms with Gasteiger partial charge in [0.15, 0.2) is 5.76 Å². The number of aromatic nitrogens is 4. The summed E-state index contributed by atoms with van der Waals surface area (Å²) in [6.07, 6.45) is 1.68. The molecule has 124 valence electrons. The smallest absolute Gasteiger partial charge is 0.261 e. The lowest BCUT2D eigenvalue weighted by Crippen LogP contribution is -2.12. The predicted molar refractivity (Wildman–Crippen MR) is 93.9 cm³/mol. The predicted octanol–water partition coefficient (Wildman–Crippen LogP) is 3.54. The van der Waals surface area contributed by atoms with Crippen LogP contribution in [0.3, 0.4) is 0 Å². The molecule has 0 atom stereocenters. The Balaban J connectivity index is 1.78. The van der Waals surface area contributed by atoms with Crippen molar-refractivity contribution in [3.63, 3.8) is 0 Å². The first kappa shape index (κ1) is 15.3. The molecule has 1 aromatic carbocycles. The number of nitrogens with zero attached hydrogens (tertiary/aromatic N) is 4. The van der Waals surface area contributed by atoms with Crippen LogP contribution in [0.15, 0.2) is 58.6 Å². The van der Waals surface area contributed by atoms with E-state index in [4.69, 9.17) is 4.42 Å². The Kier molecular flexibility index (Phi) is 3.87. The van der Waals surface area contributed by atoms with Crippen LogP contribution in [0, 0.1) is 6.92 Å². The summed E-state index contributed by atoms with van der Waals surface area (Å²) in [5, 5.41) is 15.3. The van der Waals surface area contributed by atoms with Gasteiger partial charge in [0, 0.05) is 6.20 Å². The molecule has 3 aromatic heterocycles. The molecule has 4 aromatic rings. The zero-order valence-corrected chi connectivity index (χ0v) is 14.0. The van der Waals surface area contributed by atoms with Gasteiger partial charge in [0.05, 0.1) is 11.3 Å². The zero-order valence-electron chi connectivity index (χ0n) is 13.2. The molecule has 8 heteroatoms. The third kappa shape index (κ3) is 3.07. The van der Waals surface area contributed by atoms with Gasteiger partial charge in [0.2, 0.25) is 5.13 Å². The molecule has 0 fully saturated rings. The van der Waals surface area contributed by atoms with E-state index in [2.05, 4.69) is 20.6 Å². The van der Waals surface area contributed by atoms with Crippen molar-refractivity contribution in [3.8, 4) is 17.1 Å². The summed E-state index contributed by atoms with van der Waals surface area (Å²) in [5.74, 6) is 0.970. The van der Waals surface area contributed by atoms with Crippen LogP contribution in [-0.4, -0.2) is 25.9 Å². The van der Waals surface area contributed by atoms with Gasteiger partial charge in [-0.3, -0.25) is 10.1 Å². The van der Waals surface area contributed by atoms with E-state index < -0.39 is 0 Å². The lowest BCUT2D eigenvalue weighted by atomic mass is 10.2. The van der Waals surface area contributed by atoms with Crippen molar-refractivity contribution in [1.82, 2.24) is 20.0 Å². The number of rotatable bonds is 4. The summed E-state index contributed by atoms with van der Waals surface area (Å²) in [7, 11) is 0. The summed E-state index contributed by atoms with van der Waals surface area (Å²) in [6.45, 7) is 1.85. The minimum atomic E-state index is -0.317. The Morgan fingerprint density at radius 1 is 1.20 bits per heavy atom. The molecule has 0 aliphatic rings. The van der Waals surface area contributed by atoms with E-state index in [1.165, 1.54) is 11.3 Å². The quantitative estimate of drug-likeness (QED) is 0.608. The van der Waals surface area contributed by atoms with E-state index in [0.29, 0.717) is 22.1 Å². The Morgan fingerprint density at radius 3 is 2.72 bits per heavy atom. The van der Waals surface area contributed by atoms with Crippen LogP contribution in [0.5, 0.6) is 0 Å². The normalized spacial score (nSPS) is 10.8. The molecule has 0 spiro atoms. The second kappa shape index (κ2) is 6.33. The molecule has 1 amide bonds. The van der Waals surface area contributed by atoms with E-state index in [1.807, 2.05) is 43.3 Å². The number of carbonyl (C=O) groups is 1. The van der Waals surface area contributed by atoms with E-state index >= 15 is 0 Å². The summed E-state index contributed by atoms with van der Waals surface area (Å²) in [4.78, 5) is 12.7. The Hall–Kier alpha value is -3.26. The first-order valence-corrected chi connectivity index (χ1v) is 8.38. The number of hydrogen-bond acceptors (Lipinski definition) is 6. The third-order valence-electron chi connectivity index (χ3n) is 3.53. The van der Waals surface area contributed by atoms with Crippen LogP contribution in [0.4, 0.5) is 5.13 Å². The largest absolute Gasteiger partial charge is 0.460 e. The number of carbonyl (C=O) groups excluding carboxylic acids is 1. The number of nitrogens with one attached hydrogen (secondary N) is 1. The number of aryl methyl sites for hydroxylation is 1. The topological polar surface area (TPSA) is 85.8 Å². The molecule has 0 aliphatic carbocycles. The molecule has 1 N–H and O–H groups in total. The maximum absolute atomic E-state index is 12.7. The Labute approximate surface area is 146 Å². The van der Waals surface area contributed by atoms with Gasteiger partial charge in [-0.1, -0.05) is 29.5 Å². The fraction of sp³-hybridized carbons (Fsp3) is 0.0588. The van der Waals surface area contributed by atoms with Gasteiger partial charge in [-0.25, -0.2) is 4.68 Å². The van der Waals surface area contributed by atoms with E-state index in [1.54, 1.807) is 22.5 Å². The maximum atomic E-state index is 12.7. The third-order valence-corrected chi connectivity index (χ3v) is 4.14. The van der Waals surface area contributed by atoms with Gasteiger partial charge in [0.1, 0.15) is 17.0 Å². The molecule has 0 aliphatic heterocycles. The first-order chi connectivity index (χ1) is 12.2. The van der Waals surface area contributed by atoms with E-state index in [0.717, 1.165) is 11.4 Å². The highest BCUT2D eigenvalue weighted by Crippen LogP contribution is 2.26. The van der Waals surface area contributed by atoms with Crippen LogP contribution < -0.4 is 5.32 Å². The zero-order chi connectivity index (χ0) is 17.2. The van der Waals surface area contributed by atoms with Crippen LogP contribution in [-0.2, 0) is 0 Å². The van der Waals surface area contributed by atoms with Gasteiger partial charge in [-0.2, -0.15) is 5.10 Å². The van der Waals surface area contributed by atoms with Crippen molar-refractivity contribution in [1.29, 1.82) is 0 Å². The number of anilines is 1. The molecule has 4 rings (SSSR count). The monoisotopic (exact) mass is 351 g/mol. The molecule has 0 saturated carbocycles. The SMILES string of the molecule is Cc1ccc(-c2nn(-c3ccccc3)cc2C(=O)Nc2nncs2)o1. The average Bonchev–Trinajstić information content (AvgIpc) is 3.35. The minimum Gasteiger partial charge on any atom is -0.460 e. The van der Waals surface area contributed by atoms with E-state index in [9.17, 15) is 4.79 Å². The van der Waals surface area contributed by atoms with Crippen molar-refractivity contribution in [2.75, 3.05) is 5.32 Å². The summed E-state index contributed by atoms with van der Waals surface area (Å²) < 4.78 is 7.32. The minimum absolute atomic E-state index is 0.317. The van der Waals surface area contributed by atoms with Gasteiger partial charge in [-0.05, 0) is 31.2 Å². The highest BCUT2D eigenvalue weighted by Gasteiger charge is 2.21. The van der Waals surface area contributed by atoms with Crippen LogP contribution in [0.2, 0.25) is 0 Å². The summed E-state index contributed by atoms with van der Waals surface area (Å²) in [6, 6.07) is 13.2. The fourth-order valence-electron chi connectivity index (χ4n) is 2.39. The van der Waals surface area contributed by atoms with Gasteiger partial charge < -0.3 is 4.42 Å². The van der Waals surface area contributed by atoms with Crippen LogP contribution >= 0.6 is 11.3 Å². The average molecular weight is 351 g/mol. The van der Waals surface area contributed by atoms with Crippen LogP contribution in [0.25, 0.3) is 17.1 Å². The molecule has 25 heavy (non-hydrogen) atoms. The van der Waals surface area contributed by atoms with Crippen molar-refractivity contribution >= 4 is 22.4 Å². The molecule has 7 nitrogen and oxygen atoms in total. The Bertz CT molecular complexity index is 1010. The molecular weight excluding hydrogens is 338 g/mol. The standard InChI is InChI=1S/C17H13N5O2S/c1-11-7-8-14(24-11)15-13(16(23)19-17-20-18-10-25-17)9-22(21-15)12-5-3-2-4-6-12/h2-10H,1H3,(H,19,20,23). The van der Waals surface area contributed by atoms with E-state index in [-0.39, 0.29) is 5.91 Å². The second-order valence-corrected chi connectivity index (χ2v) is 6.11. The lowest BCUT2D eigenvalue weighted by molar-refractivity contribution is 0.102. The molecule has 0 bridgehead atoms. The number of benzene rings is 1. The number of hydrogen-bond donors (Lipinski definition) is 1. The number of furan rings is 1. The number of amides is 1. The molecule has 3 heterocycles. The van der Waals surface area contributed by atoms with Crippen LogP contribution in [0.1, 0.15) is 16.1 Å². The highest BCUT2D eigenvalue weighted by atomic mass is 32.1. The van der Waals surface area contributed by atoms with Crippen molar-refractivity contribution in [3.05, 3.63) is 65.5 Å². The molecule has 0 unspecified atom stereocenters. The maximum Gasteiger partial charge on any atom is 0.261 e. The fourth-order valence-corrected chi connectivity index (χ4v) is 2.83. The van der Waals surface area contributed by atoms with Gasteiger partial charge in [0.25, 0.3) is 5.91 Å². The molecule has 0 saturated heterocycles. The Morgan fingerprint density at radius 2 is 2.04 bits per heavy atom. The molecular formula is C17H13N5O2S. The van der Waals surface area contributed by atoms with Gasteiger partial charge >= 0.3 is 0 Å². The molecule has 0 radical (unpaired) electrons. The highest BCUT2D eigenvalue weighted by molar-refractivity contribution is 7.13. The van der Waals surface area contributed by atoms with Crippen molar-refractivity contribution in [2.24, 2.45) is 0 Å². The summed E-state index contributed by atoms with van der Waals surface area (Å²) in [5.41, 5.74) is 3.27. The number of para-hydroxylation sites is 1. The first-order valence-electron chi connectivity index (χ1n) is 7.50. The summed E-state index contributed by atoms with van der Waals surface area (Å²) >= 11 is 1.25.